The van der Waals surface area contributed by atoms with Gasteiger partial charge in [-0.1, -0.05) is 25.1 Å². The van der Waals surface area contributed by atoms with Crippen molar-refractivity contribution in [2.75, 3.05) is 25.6 Å². The van der Waals surface area contributed by atoms with Crippen LogP contribution in [-0.2, 0) is 23.9 Å². The summed E-state index contributed by atoms with van der Waals surface area (Å²) in [5.74, 6) is 0.742. The number of anilines is 1. The number of ether oxygens (including phenoxy) is 2. The molecule has 140 valence electrons. The first-order valence-electron chi connectivity index (χ1n) is 8.44. The van der Waals surface area contributed by atoms with Gasteiger partial charge in [0.05, 0.1) is 25.9 Å². The van der Waals surface area contributed by atoms with Gasteiger partial charge in [-0.05, 0) is 41.8 Å². The van der Waals surface area contributed by atoms with Gasteiger partial charge < -0.3 is 14.8 Å². The van der Waals surface area contributed by atoms with Crippen molar-refractivity contribution >= 4 is 5.69 Å². The molecular weight excluding hydrogens is 343 g/mol. The minimum absolute atomic E-state index is 0.210. The number of rotatable bonds is 6. The molecule has 0 unspecified atom stereocenters. The van der Waals surface area contributed by atoms with Crippen LogP contribution in [0.4, 0.5) is 18.9 Å². The summed E-state index contributed by atoms with van der Waals surface area (Å²) in [6.45, 7) is 3.39. The lowest BCUT2D eigenvalue weighted by molar-refractivity contribution is -0.139. The average Bonchev–Trinajstić information content (AvgIpc) is 2.59. The Bertz CT molecular complexity index is 753. The second-order valence-corrected chi connectivity index (χ2v) is 7.05. The molecule has 0 radical (unpaired) electrons. The van der Waals surface area contributed by atoms with Crippen molar-refractivity contribution < 1.29 is 22.6 Å². The van der Waals surface area contributed by atoms with Gasteiger partial charge in [-0.2, -0.15) is 13.2 Å². The SMILES string of the molecule is COc1ccc(CNc2ccc(CC3(C)COC3)c(C(F)(F)F)c2)cc1. The van der Waals surface area contributed by atoms with E-state index >= 15 is 0 Å². The number of alkyl halides is 3. The quantitative estimate of drug-likeness (QED) is 0.789. The molecule has 0 saturated carbocycles. The highest BCUT2D eigenvalue weighted by molar-refractivity contribution is 5.50. The van der Waals surface area contributed by atoms with Gasteiger partial charge in [0.25, 0.3) is 0 Å². The van der Waals surface area contributed by atoms with Gasteiger partial charge in [0.2, 0.25) is 0 Å². The van der Waals surface area contributed by atoms with Crippen molar-refractivity contribution in [2.24, 2.45) is 5.41 Å². The molecule has 2 aromatic carbocycles. The molecule has 0 amide bonds. The molecule has 1 N–H and O–H groups in total. The molecule has 6 heteroatoms. The van der Waals surface area contributed by atoms with E-state index in [1.807, 2.05) is 31.2 Å². The molecule has 3 rings (SSSR count). The molecule has 0 aromatic heterocycles. The zero-order valence-corrected chi connectivity index (χ0v) is 14.8. The molecule has 1 heterocycles. The first-order valence-corrected chi connectivity index (χ1v) is 8.44. The molecule has 0 bridgehead atoms. The third kappa shape index (κ3) is 4.30. The summed E-state index contributed by atoms with van der Waals surface area (Å²) in [6, 6.07) is 11.9. The molecule has 1 aliphatic heterocycles. The zero-order chi connectivity index (χ0) is 18.8. The lowest BCUT2D eigenvalue weighted by Crippen LogP contribution is -2.41. The van der Waals surface area contributed by atoms with Gasteiger partial charge in [0.15, 0.2) is 0 Å². The third-order valence-corrected chi connectivity index (χ3v) is 4.59. The Morgan fingerprint density at radius 1 is 1.12 bits per heavy atom. The van der Waals surface area contributed by atoms with Crippen molar-refractivity contribution in [3.05, 3.63) is 59.2 Å². The minimum Gasteiger partial charge on any atom is -0.497 e. The van der Waals surface area contributed by atoms with Crippen molar-refractivity contribution in [2.45, 2.75) is 26.1 Å². The predicted molar refractivity (Wildman–Crippen MR) is 94.4 cm³/mol. The average molecular weight is 365 g/mol. The summed E-state index contributed by atoms with van der Waals surface area (Å²) in [7, 11) is 1.59. The number of methoxy groups -OCH3 is 1. The topological polar surface area (TPSA) is 30.5 Å². The molecule has 0 aliphatic carbocycles. The normalized spacial score (nSPS) is 16.0. The van der Waals surface area contributed by atoms with E-state index < -0.39 is 11.7 Å². The molecule has 26 heavy (non-hydrogen) atoms. The van der Waals surface area contributed by atoms with Crippen LogP contribution >= 0.6 is 0 Å². The summed E-state index contributed by atoms with van der Waals surface area (Å²) in [5, 5.41) is 3.06. The van der Waals surface area contributed by atoms with Gasteiger partial charge in [0.1, 0.15) is 5.75 Å². The molecule has 1 fully saturated rings. The Morgan fingerprint density at radius 2 is 1.81 bits per heavy atom. The van der Waals surface area contributed by atoms with E-state index in [9.17, 15) is 13.2 Å². The van der Waals surface area contributed by atoms with E-state index in [0.717, 1.165) is 11.3 Å². The highest BCUT2D eigenvalue weighted by Gasteiger charge is 2.38. The fraction of sp³-hybridized carbons (Fsp3) is 0.400. The van der Waals surface area contributed by atoms with Gasteiger partial charge in [-0.3, -0.25) is 0 Å². The molecule has 1 saturated heterocycles. The number of hydrogen-bond acceptors (Lipinski definition) is 3. The predicted octanol–water partition coefficient (Wildman–Crippen LogP) is 4.91. The number of benzene rings is 2. The standard InChI is InChI=1S/C20H22F3NO2/c1-19(12-26-13-19)10-15-5-6-16(9-18(15)20(21,22)23)24-11-14-3-7-17(25-2)8-4-14/h3-9,24H,10-13H2,1-2H3. The van der Waals surface area contributed by atoms with Crippen molar-refractivity contribution in [1.82, 2.24) is 0 Å². The maximum atomic E-state index is 13.5. The summed E-state index contributed by atoms with van der Waals surface area (Å²) < 4.78 is 50.8. The minimum atomic E-state index is -4.38. The largest absolute Gasteiger partial charge is 0.497 e. The van der Waals surface area contributed by atoms with Crippen LogP contribution in [-0.4, -0.2) is 20.3 Å². The summed E-state index contributed by atoms with van der Waals surface area (Å²) in [5.41, 5.74) is 0.941. The van der Waals surface area contributed by atoms with Crippen LogP contribution < -0.4 is 10.1 Å². The maximum Gasteiger partial charge on any atom is 0.416 e. The first-order chi connectivity index (χ1) is 12.3. The Morgan fingerprint density at radius 3 is 2.35 bits per heavy atom. The van der Waals surface area contributed by atoms with Crippen LogP contribution in [0.2, 0.25) is 0 Å². The van der Waals surface area contributed by atoms with E-state index in [1.165, 1.54) is 6.07 Å². The Balaban J connectivity index is 1.75. The number of halogens is 3. The van der Waals surface area contributed by atoms with E-state index in [4.69, 9.17) is 9.47 Å². The van der Waals surface area contributed by atoms with E-state index in [0.29, 0.717) is 37.4 Å². The molecule has 1 aliphatic rings. The Kier molecular flexibility index (Phi) is 5.14. The van der Waals surface area contributed by atoms with E-state index in [-0.39, 0.29) is 5.41 Å². The van der Waals surface area contributed by atoms with Crippen LogP contribution in [0.25, 0.3) is 0 Å². The van der Waals surface area contributed by atoms with Crippen LogP contribution in [0.15, 0.2) is 42.5 Å². The second-order valence-electron chi connectivity index (χ2n) is 7.05. The maximum absolute atomic E-state index is 13.5. The lowest BCUT2D eigenvalue weighted by atomic mass is 9.80. The monoisotopic (exact) mass is 365 g/mol. The zero-order valence-electron chi connectivity index (χ0n) is 14.8. The lowest BCUT2D eigenvalue weighted by Gasteiger charge is -2.38. The summed E-state index contributed by atoms with van der Waals surface area (Å²) in [4.78, 5) is 0. The smallest absolute Gasteiger partial charge is 0.416 e. The third-order valence-electron chi connectivity index (χ3n) is 4.59. The highest BCUT2D eigenvalue weighted by Crippen LogP contribution is 2.38. The number of nitrogens with one attached hydrogen (secondary N) is 1. The van der Waals surface area contributed by atoms with Crippen LogP contribution in [0.5, 0.6) is 5.75 Å². The Hall–Kier alpha value is -2.21. The Labute approximate surface area is 151 Å². The van der Waals surface area contributed by atoms with Gasteiger partial charge in [0, 0.05) is 17.6 Å². The fourth-order valence-electron chi connectivity index (χ4n) is 3.06. The van der Waals surface area contributed by atoms with Crippen molar-refractivity contribution in [1.29, 1.82) is 0 Å². The summed E-state index contributed by atoms with van der Waals surface area (Å²) >= 11 is 0. The van der Waals surface area contributed by atoms with Crippen LogP contribution in [0.1, 0.15) is 23.6 Å². The van der Waals surface area contributed by atoms with Gasteiger partial charge in [-0.25, -0.2) is 0 Å². The summed E-state index contributed by atoms with van der Waals surface area (Å²) in [6.07, 6.45) is -4.02. The fourth-order valence-corrected chi connectivity index (χ4v) is 3.06. The molecule has 0 spiro atoms. The van der Waals surface area contributed by atoms with Gasteiger partial charge in [-0.15, -0.1) is 0 Å². The first kappa shape index (κ1) is 18.6. The molecule has 0 atom stereocenters. The molecular formula is C20H22F3NO2. The highest BCUT2D eigenvalue weighted by atomic mass is 19.4. The van der Waals surface area contributed by atoms with Crippen LogP contribution in [0.3, 0.4) is 0 Å². The van der Waals surface area contributed by atoms with Crippen LogP contribution in [0, 0.1) is 5.41 Å². The number of hydrogen-bond donors (Lipinski definition) is 1. The molecule has 3 nitrogen and oxygen atoms in total. The molecule has 2 aromatic rings. The van der Waals surface area contributed by atoms with E-state index in [1.54, 1.807) is 19.2 Å². The van der Waals surface area contributed by atoms with Gasteiger partial charge >= 0.3 is 6.18 Å². The van der Waals surface area contributed by atoms with Crippen molar-refractivity contribution in [3.63, 3.8) is 0 Å². The van der Waals surface area contributed by atoms with E-state index in [2.05, 4.69) is 5.32 Å². The van der Waals surface area contributed by atoms with Crippen molar-refractivity contribution in [3.8, 4) is 5.75 Å². The second kappa shape index (κ2) is 7.19.